The molecule has 0 saturated carbocycles. The van der Waals surface area contributed by atoms with Crippen LogP contribution in [0.4, 0.5) is 5.69 Å². The molecule has 8 heteroatoms. The molecule has 152 valence electrons. The predicted molar refractivity (Wildman–Crippen MR) is 114 cm³/mol. The number of benzene rings is 2. The fourth-order valence-electron chi connectivity index (χ4n) is 3.31. The monoisotopic (exact) mass is 441 g/mol. The van der Waals surface area contributed by atoms with Crippen LogP contribution in [0, 0.1) is 6.92 Å². The van der Waals surface area contributed by atoms with Crippen molar-refractivity contribution in [1.29, 1.82) is 0 Å². The number of amides is 2. The maximum absolute atomic E-state index is 13.1. The van der Waals surface area contributed by atoms with E-state index in [1.165, 1.54) is 11.4 Å². The van der Waals surface area contributed by atoms with Crippen molar-refractivity contribution in [3.05, 3.63) is 80.0 Å². The Morgan fingerprint density at radius 2 is 2.00 bits per heavy atom. The van der Waals surface area contributed by atoms with Crippen LogP contribution in [0.1, 0.15) is 36.7 Å². The third-order valence-corrected chi connectivity index (χ3v) is 6.22. The molecule has 0 aliphatic carbocycles. The molecule has 6 nitrogen and oxygen atoms in total. The molecular formula is C22H16ClNO5S. The summed E-state index contributed by atoms with van der Waals surface area (Å²) in [4.78, 5) is 38.1. The van der Waals surface area contributed by atoms with Crippen molar-refractivity contribution in [3.63, 3.8) is 0 Å². The zero-order chi connectivity index (χ0) is 21.4. The highest BCUT2D eigenvalue weighted by Gasteiger charge is 2.37. The van der Waals surface area contributed by atoms with Crippen LogP contribution in [0.15, 0.2) is 47.8 Å². The van der Waals surface area contributed by atoms with Gasteiger partial charge in [0.15, 0.2) is 0 Å². The lowest BCUT2D eigenvalue weighted by atomic mass is 10.0. The van der Waals surface area contributed by atoms with Gasteiger partial charge in [0.05, 0.1) is 22.7 Å². The van der Waals surface area contributed by atoms with E-state index in [-0.39, 0.29) is 27.6 Å². The highest BCUT2D eigenvalue weighted by atomic mass is 35.5. The Bertz CT molecular complexity index is 1190. The zero-order valence-corrected chi connectivity index (χ0v) is 17.4. The van der Waals surface area contributed by atoms with Crippen molar-refractivity contribution < 1.29 is 24.2 Å². The lowest BCUT2D eigenvalue weighted by Crippen LogP contribution is -2.42. The normalized spacial score (nSPS) is 13.3. The maximum Gasteiger partial charge on any atom is 0.346 e. The Labute approximate surface area is 181 Å². The molecular weight excluding hydrogens is 426 g/mol. The summed E-state index contributed by atoms with van der Waals surface area (Å²) in [7, 11) is 0. The quantitative estimate of drug-likeness (QED) is 0.579. The molecule has 1 aliphatic heterocycles. The Hall–Kier alpha value is -3.16. The average molecular weight is 442 g/mol. The number of aryl methyl sites for hydroxylation is 1. The van der Waals surface area contributed by atoms with E-state index < -0.39 is 17.8 Å². The zero-order valence-electron chi connectivity index (χ0n) is 15.8. The molecule has 0 radical (unpaired) electrons. The van der Waals surface area contributed by atoms with Crippen LogP contribution in [-0.2, 0) is 17.8 Å². The van der Waals surface area contributed by atoms with Crippen molar-refractivity contribution in [2.45, 2.75) is 20.0 Å². The molecule has 30 heavy (non-hydrogen) atoms. The first-order chi connectivity index (χ1) is 14.4. The Morgan fingerprint density at radius 1 is 1.23 bits per heavy atom. The van der Waals surface area contributed by atoms with Crippen LogP contribution in [0.25, 0.3) is 0 Å². The standard InChI is InChI=1S/C22H16ClNO5S/c1-12-4-2-3-5-13(12)10-29-15-6-7-16(23)17(9-15)24-18(25)8-14-11-30-20(22(27)28)19(14)21(24)26/h2-7,9,11H,8,10H2,1H3,(H,27,28). The number of carboxylic acid groups (broad SMARTS) is 1. The van der Waals surface area contributed by atoms with Crippen molar-refractivity contribution in [2.75, 3.05) is 4.90 Å². The van der Waals surface area contributed by atoms with Crippen molar-refractivity contribution in [2.24, 2.45) is 0 Å². The molecule has 4 rings (SSSR count). The Balaban J connectivity index is 1.66. The lowest BCUT2D eigenvalue weighted by Gasteiger charge is -2.26. The van der Waals surface area contributed by atoms with Gasteiger partial charge >= 0.3 is 5.97 Å². The summed E-state index contributed by atoms with van der Waals surface area (Å²) in [6, 6.07) is 12.5. The van der Waals surface area contributed by atoms with E-state index in [0.717, 1.165) is 27.4 Å². The third-order valence-electron chi connectivity index (χ3n) is 4.88. The summed E-state index contributed by atoms with van der Waals surface area (Å²) in [5.41, 5.74) is 2.72. The number of aromatic carboxylic acids is 1. The van der Waals surface area contributed by atoms with Crippen LogP contribution < -0.4 is 9.64 Å². The van der Waals surface area contributed by atoms with E-state index in [9.17, 15) is 19.5 Å². The highest BCUT2D eigenvalue weighted by Crippen LogP contribution is 2.36. The fourth-order valence-corrected chi connectivity index (χ4v) is 4.41. The molecule has 2 heterocycles. The van der Waals surface area contributed by atoms with Gasteiger partial charge in [0, 0.05) is 6.07 Å². The SMILES string of the molecule is Cc1ccccc1COc1ccc(Cl)c(N2C(=O)Cc3csc(C(=O)O)c3C2=O)c1. The summed E-state index contributed by atoms with van der Waals surface area (Å²) in [6.45, 7) is 2.29. The second-order valence-corrected chi connectivity index (χ2v) is 8.10. The summed E-state index contributed by atoms with van der Waals surface area (Å²) in [5.74, 6) is -1.93. The van der Waals surface area contributed by atoms with E-state index in [2.05, 4.69) is 0 Å². The molecule has 0 saturated heterocycles. The summed E-state index contributed by atoms with van der Waals surface area (Å²) in [5, 5.41) is 11.1. The first kappa shape index (κ1) is 20.1. The average Bonchev–Trinajstić information content (AvgIpc) is 3.13. The number of hydrogen-bond acceptors (Lipinski definition) is 5. The smallest absolute Gasteiger partial charge is 0.346 e. The van der Waals surface area contributed by atoms with Gasteiger partial charge in [0.1, 0.15) is 17.2 Å². The van der Waals surface area contributed by atoms with Gasteiger partial charge in [-0.1, -0.05) is 35.9 Å². The van der Waals surface area contributed by atoms with E-state index in [0.29, 0.717) is 17.9 Å². The Morgan fingerprint density at radius 3 is 2.73 bits per heavy atom. The molecule has 1 aromatic heterocycles. The van der Waals surface area contributed by atoms with Gasteiger partial charge in [-0.2, -0.15) is 0 Å². The van der Waals surface area contributed by atoms with Gasteiger partial charge in [-0.15, -0.1) is 11.3 Å². The highest BCUT2D eigenvalue weighted by molar-refractivity contribution is 7.12. The van der Waals surface area contributed by atoms with E-state index in [4.69, 9.17) is 16.3 Å². The first-order valence-corrected chi connectivity index (χ1v) is 10.3. The summed E-state index contributed by atoms with van der Waals surface area (Å²) < 4.78 is 5.85. The first-order valence-electron chi connectivity index (χ1n) is 9.04. The summed E-state index contributed by atoms with van der Waals surface area (Å²) >= 11 is 7.22. The molecule has 2 aromatic carbocycles. The number of halogens is 1. The van der Waals surface area contributed by atoms with Gasteiger partial charge in [0.2, 0.25) is 5.91 Å². The van der Waals surface area contributed by atoms with Gasteiger partial charge in [-0.05, 0) is 41.1 Å². The molecule has 0 fully saturated rings. The Kier molecular flexibility index (Phi) is 5.32. The van der Waals surface area contributed by atoms with Crippen molar-refractivity contribution in [3.8, 4) is 5.75 Å². The van der Waals surface area contributed by atoms with Crippen LogP contribution >= 0.6 is 22.9 Å². The molecule has 0 unspecified atom stereocenters. The van der Waals surface area contributed by atoms with Crippen molar-refractivity contribution in [1.82, 2.24) is 0 Å². The number of carboxylic acids is 1. The second-order valence-electron chi connectivity index (χ2n) is 6.81. The van der Waals surface area contributed by atoms with Crippen LogP contribution in [0.3, 0.4) is 0 Å². The van der Waals surface area contributed by atoms with Gasteiger partial charge < -0.3 is 9.84 Å². The molecule has 1 N–H and O–H groups in total. The minimum absolute atomic E-state index is 0.0365. The van der Waals surface area contributed by atoms with Gasteiger partial charge in [-0.25, -0.2) is 9.69 Å². The van der Waals surface area contributed by atoms with E-state index >= 15 is 0 Å². The number of anilines is 1. The van der Waals surface area contributed by atoms with Gasteiger partial charge in [0.25, 0.3) is 5.91 Å². The number of nitrogens with zero attached hydrogens (tertiary/aromatic N) is 1. The molecule has 2 amide bonds. The van der Waals surface area contributed by atoms with E-state index in [1.807, 2.05) is 31.2 Å². The number of imide groups is 1. The number of ether oxygens (including phenoxy) is 1. The number of hydrogen-bond donors (Lipinski definition) is 1. The van der Waals surface area contributed by atoms with Crippen LogP contribution in [0.5, 0.6) is 5.75 Å². The predicted octanol–water partition coefficient (Wildman–Crippen LogP) is 4.72. The molecule has 0 spiro atoms. The van der Waals surface area contributed by atoms with Crippen molar-refractivity contribution >= 4 is 46.4 Å². The number of carbonyl (C=O) groups is 3. The number of rotatable bonds is 5. The van der Waals surface area contributed by atoms with E-state index in [1.54, 1.807) is 12.1 Å². The molecule has 3 aromatic rings. The number of carbonyl (C=O) groups excluding carboxylic acids is 2. The molecule has 0 atom stereocenters. The number of thiophene rings is 1. The largest absolute Gasteiger partial charge is 0.489 e. The summed E-state index contributed by atoms with van der Waals surface area (Å²) in [6.07, 6.45) is -0.0739. The number of fused-ring (bicyclic) bond motifs is 1. The third kappa shape index (κ3) is 3.58. The second kappa shape index (κ2) is 7.93. The minimum Gasteiger partial charge on any atom is -0.489 e. The lowest BCUT2D eigenvalue weighted by molar-refractivity contribution is -0.117. The maximum atomic E-state index is 13.1. The molecule has 1 aliphatic rings. The van der Waals surface area contributed by atoms with Gasteiger partial charge in [-0.3, -0.25) is 9.59 Å². The molecule has 0 bridgehead atoms. The minimum atomic E-state index is -1.20. The van der Waals surface area contributed by atoms with Crippen LogP contribution in [0.2, 0.25) is 5.02 Å². The van der Waals surface area contributed by atoms with Crippen LogP contribution in [-0.4, -0.2) is 22.9 Å². The topological polar surface area (TPSA) is 83.9 Å². The fraction of sp³-hybridized carbons (Fsp3) is 0.136.